The minimum Gasteiger partial charge on any atom is -0.394 e. The van der Waals surface area contributed by atoms with Crippen molar-refractivity contribution in [3.63, 3.8) is 0 Å². The minimum atomic E-state index is -0.684. The average Bonchev–Trinajstić information content (AvgIpc) is 2.39. The molecule has 2 N–H and O–H groups in total. The van der Waals surface area contributed by atoms with Crippen molar-refractivity contribution in [1.82, 2.24) is 0 Å². The van der Waals surface area contributed by atoms with Gasteiger partial charge in [-0.1, -0.05) is 6.07 Å². The second kappa shape index (κ2) is 5.86. The van der Waals surface area contributed by atoms with Crippen LogP contribution in [0.4, 0.5) is 10.1 Å². The van der Waals surface area contributed by atoms with Gasteiger partial charge in [0.2, 0.25) is 0 Å². The molecule has 0 amide bonds. The van der Waals surface area contributed by atoms with Gasteiger partial charge in [0, 0.05) is 12.6 Å². The van der Waals surface area contributed by atoms with Crippen molar-refractivity contribution in [3.05, 3.63) is 29.6 Å². The van der Waals surface area contributed by atoms with Gasteiger partial charge < -0.3 is 19.8 Å². The Morgan fingerprint density at radius 2 is 2.26 bits per heavy atom. The second-order valence-corrected chi connectivity index (χ2v) is 5.03. The molecule has 5 heteroatoms. The van der Waals surface area contributed by atoms with E-state index in [0.29, 0.717) is 24.4 Å². The van der Waals surface area contributed by atoms with Gasteiger partial charge in [0.1, 0.15) is 5.82 Å². The highest BCUT2D eigenvalue weighted by molar-refractivity contribution is 5.51. The third-order valence-electron chi connectivity index (χ3n) is 3.47. The zero-order valence-electron chi connectivity index (χ0n) is 11.2. The molecule has 2 rings (SSSR count). The maximum absolute atomic E-state index is 14.1. The molecule has 1 fully saturated rings. The number of rotatable bonds is 3. The van der Waals surface area contributed by atoms with Crippen molar-refractivity contribution >= 4 is 5.69 Å². The van der Waals surface area contributed by atoms with Crippen molar-refractivity contribution in [2.75, 3.05) is 24.7 Å². The molecule has 1 aromatic rings. The number of hydrogen-bond donors (Lipinski definition) is 2. The molecule has 3 unspecified atom stereocenters. The Hall–Kier alpha value is -1.17. The summed E-state index contributed by atoms with van der Waals surface area (Å²) < 4.78 is 19.6. The number of morpholine rings is 1. The van der Waals surface area contributed by atoms with Gasteiger partial charge in [-0.05, 0) is 31.5 Å². The average molecular weight is 269 g/mol. The Labute approximate surface area is 112 Å². The summed E-state index contributed by atoms with van der Waals surface area (Å²) in [5.74, 6) is -0.358. The third-order valence-corrected chi connectivity index (χ3v) is 3.47. The van der Waals surface area contributed by atoms with Crippen LogP contribution in [-0.2, 0) is 4.74 Å². The van der Waals surface area contributed by atoms with Crippen LogP contribution in [0.25, 0.3) is 0 Å². The molecule has 4 nitrogen and oxygen atoms in total. The fourth-order valence-corrected chi connectivity index (χ4v) is 2.28. The summed E-state index contributed by atoms with van der Waals surface area (Å²) in [5, 5.41) is 18.6. The van der Waals surface area contributed by atoms with E-state index in [4.69, 9.17) is 9.84 Å². The Kier molecular flexibility index (Phi) is 4.39. The van der Waals surface area contributed by atoms with E-state index < -0.39 is 6.10 Å². The highest BCUT2D eigenvalue weighted by atomic mass is 19.1. The van der Waals surface area contributed by atoms with Crippen LogP contribution in [0, 0.1) is 5.82 Å². The SMILES string of the molecule is CC(O)c1ccc(N2CC(CO)OCC2C)c(F)c1. The molecule has 0 radical (unpaired) electrons. The molecule has 0 saturated carbocycles. The van der Waals surface area contributed by atoms with E-state index in [1.807, 2.05) is 11.8 Å². The number of nitrogens with zero attached hydrogens (tertiary/aromatic N) is 1. The van der Waals surface area contributed by atoms with Crippen molar-refractivity contribution in [2.24, 2.45) is 0 Å². The van der Waals surface area contributed by atoms with E-state index in [1.54, 1.807) is 19.1 Å². The molecule has 1 heterocycles. The number of hydrogen-bond acceptors (Lipinski definition) is 4. The first kappa shape index (κ1) is 14.2. The molecule has 1 aliphatic heterocycles. The largest absolute Gasteiger partial charge is 0.394 e. The van der Waals surface area contributed by atoms with Gasteiger partial charge in [0.05, 0.1) is 31.1 Å². The third kappa shape index (κ3) is 3.05. The summed E-state index contributed by atoms with van der Waals surface area (Å²) in [5.41, 5.74) is 1.04. The monoisotopic (exact) mass is 269 g/mol. The van der Waals surface area contributed by atoms with Crippen LogP contribution >= 0.6 is 0 Å². The van der Waals surface area contributed by atoms with Crippen LogP contribution in [0.5, 0.6) is 0 Å². The summed E-state index contributed by atoms with van der Waals surface area (Å²) in [6, 6.07) is 4.80. The molecule has 106 valence electrons. The standard InChI is InChI=1S/C14H20FNO3/c1-9-8-19-12(7-17)6-16(9)14-4-3-11(10(2)18)5-13(14)15/h3-5,9-10,12,17-18H,6-8H2,1-2H3. The molecule has 1 saturated heterocycles. The fourth-order valence-electron chi connectivity index (χ4n) is 2.28. The number of benzene rings is 1. The van der Waals surface area contributed by atoms with Crippen LogP contribution in [0.2, 0.25) is 0 Å². The highest BCUT2D eigenvalue weighted by Gasteiger charge is 2.27. The van der Waals surface area contributed by atoms with Gasteiger partial charge in [-0.25, -0.2) is 4.39 Å². The predicted molar refractivity (Wildman–Crippen MR) is 70.7 cm³/mol. The van der Waals surface area contributed by atoms with Crippen LogP contribution in [0.3, 0.4) is 0 Å². The van der Waals surface area contributed by atoms with Crippen molar-refractivity contribution in [3.8, 4) is 0 Å². The Balaban J connectivity index is 2.24. The van der Waals surface area contributed by atoms with E-state index in [2.05, 4.69) is 0 Å². The fraction of sp³-hybridized carbons (Fsp3) is 0.571. The molecule has 1 aromatic carbocycles. The van der Waals surface area contributed by atoms with E-state index in [9.17, 15) is 9.50 Å². The van der Waals surface area contributed by atoms with Gasteiger partial charge >= 0.3 is 0 Å². The van der Waals surface area contributed by atoms with Gasteiger partial charge in [0.25, 0.3) is 0 Å². The lowest BCUT2D eigenvalue weighted by Crippen LogP contribution is -2.50. The summed E-state index contributed by atoms with van der Waals surface area (Å²) in [6.45, 7) is 4.41. The van der Waals surface area contributed by atoms with Crippen molar-refractivity contribution < 1.29 is 19.3 Å². The Morgan fingerprint density at radius 3 is 2.84 bits per heavy atom. The minimum absolute atomic E-state index is 0.0506. The normalized spacial score (nSPS) is 25.4. The van der Waals surface area contributed by atoms with E-state index in [0.717, 1.165) is 0 Å². The first-order chi connectivity index (χ1) is 9.02. The molecular formula is C14H20FNO3. The van der Waals surface area contributed by atoms with Gasteiger partial charge in [-0.2, -0.15) is 0 Å². The zero-order chi connectivity index (χ0) is 14.0. The lowest BCUT2D eigenvalue weighted by Gasteiger charge is -2.39. The highest BCUT2D eigenvalue weighted by Crippen LogP contribution is 2.27. The molecule has 0 bridgehead atoms. The molecular weight excluding hydrogens is 249 g/mol. The molecule has 19 heavy (non-hydrogen) atoms. The number of aliphatic hydroxyl groups is 2. The zero-order valence-corrected chi connectivity index (χ0v) is 11.2. The lowest BCUT2D eigenvalue weighted by molar-refractivity contribution is -0.0105. The number of anilines is 1. The van der Waals surface area contributed by atoms with Gasteiger partial charge in [-0.3, -0.25) is 0 Å². The molecule has 0 aliphatic carbocycles. The van der Waals surface area contributed by atoms with Crippen molar-refractivity contribution in [1.29, 1.82) is 0 Å². The summed E-state index contributed by atoms with van der Waals surface area (Å²) in [4.78, 5) is 1.89. The maximum Gasteiger partial charge on any atom is 0.146 e. The second-order valence-electron chi connectivity index (χ2n) is 5.03. The van der Waals surface area contributed by atoms with E-state index >= 15 is 0 Å². The summed E-state index contributed by atoms with van der Waals surface area (Å²) in [7, 11) is 0. The smallest absolute Gasteiger partial charge is 0.146 e. The Bertz CT molecular complexity index is 439. The Morgan fingerprint density at radius 1 is 1.53 bits per heavy atom. The quantitative estimate of drug-likeness (QED) is 0.872. The summed E-state index contributed by atoms with van der Waals surface area (Å²) in [6.07, 6.45) is -0.970. The van der Waals surface area contributed by atoms with Crippen LogP contribution < -0.4 is 4.90 Å². The number of halogens is 1. The number of aliphatic hydroxyl groups excluding tert-OH is 2. The van der Waals surface area contributed by atoms with Gasteiger partial charge in [-0.15, -0.1) is 0 Å². The molecule has 0 aromatic heterocycles. The topological polar surface area (TPSA) is 52.9 Å². The van der Waals surface area contributed by atoms with E-state index in [1.165, 1.54) is 6.07 Å². The van der Waals surface area contributed by atoms with Gasteiger partial charge in [0.15, 0.2) is 0 Å². The summed E-state index contributed by atoms with van der Waals surface area (Å²) >= 11 is 0. The van der Waals surface area contributed by atoms with Crippen LogP contribution in [0.1, 0.15) is 25.5 Å². The maximum atomic E-state index is 14.1. The van der Waals surface area contributed by atoms with Crippen LogP contribution in [0.15, 0.2) is 18.2 Å². The molecule has 0 spiro atoms. The van der Waals surface area contributed by atoms with E-state index in [-0.39, 0.29) is 24.6 Å². The lowest BCUT2D eigenvalue weighted by atomic mass is 10.1. The predicted octanol–water partition coefficient (Wildman–Crippen LogP) is 1.47. The number of ether oxygens (including phenoxy) is 1. The first-order valence-electron chi connectivity index (χ1n) is 6.49. The first-order valence-corrected chi connectivity index (χ1v) is 6.49. The van der Waals surface area contributed by atoms with Crippen molar-refractivity contribution in [2.45, 2.75) is 32.1 Å². The van der Waals surface area contributed by atoms with Crippen LogP contribution in [-0.4, -0.2) is 42.1 Å². The molecule has 1 aliphatic rings. The molecule has 3 atom stereocenters.